The number of methoxy groups -OCH3 is 1. The lowest BCUT2D eigenvalue weighted by Gasteiger charge is -2.22. The number of nitrogens with zero attached hydrogens (tertiary/aromatic N) is 1. The third-order valence-corrected chi connectivity index (χ3v) is 4.27. The van der Waals surface area contributed by atoms with Crippen molar-refractivity contribution < 1.29 is 14.6 Å². The first-order chi connectivity index (χ1) is 13.6. The van der Waals surface area contributed by atoms with E-state index in [1.54, 1.807) is 14.0 Å². The normalized spacial score (nSPS) is 13.2. The molecule has 0 amide bonds. The van der Waals surface area contributed by atoms with Gasteiger partial charge >= 0.3 is 0 Å². The molecule has 3 N–H and O–H groups in total. The van der Waals surface area contributed by atoms with Gasteiger partial charge in [-0.05, 0) is 25.5 Å². The molecule has 0 radical (unpaired) electrons. The van der Waals surface area contributed by atoms with Crippen molar-refractivity contribution >= 4 is 29.9 Å². The maximum absolute atomic E-state index is 10.7. The van der Waals surface area contributed by atoms with Crippen molar-refractivity contribution in [3.63, 3.8) is 0 Å². The van der Waals surface area contributed by atoms with Crippen LogP contribution in [0.4, 0.5) is 0 Å². The molecule has 1 atom stereocenters. The predicted molar refractivity (Wildman–Crippen MR) is 128 cm³/mol. The Hall–Kier alpha value is -1.84. The minimum absolute atomic E-state index is 0. The molecule has 2 rings (SSSR count). The second kappa shape index (κ2) is 13.4. The van der Waals surface area contributed by atoms with Gasteiger partial charge in [0.25, 0.3) is 0 Å². The molecule has 0 fully saturated rings. The summed E-state index contributed by atoms with van der Waals surface area (Å²) in [7, 11) is 1.66. The number of aliphatic hydroxyl groups is 1. The standard InChI is InChI=1S/C22H31N3O3.HI/c1-4-23-21(25-17-22(2,26)19-11-6-5-7-12-19)24-14-15-28-16-18-10-8-9-13-20(18)27-3;/h5-13,26H,4,14-17H2,1-3H3,(H2,23,24,25);1H. The Morgan fingerprint density at radius 2 is 1.76 bits per heavy atom. The second-order valence-corrected chi connectivity index (χ2v) is 6.63. The molecular weight excluding hydrogens is 481 g/mol. The van der Waals surface area contributed by atoms with E-state index in [0.717, 1.165) is 23.4 Å². The van der Waals surface area contributed by atoms with Crippen LogP contribution in [-0.4, -0.2) is 44.4 Å². The molecule has 0 aliphatic rings. The topological polar surface area (TPSA) is 75.1 Å². The summed E-state index contributed by atoms with van der Waals surface area (Å²) in [5.74, 6) is 1.48. The Bertz CT molecular complexity index is 739. The van der Waals surface area contributed by atoms with E-state index in [1.165, 1.54) is 0 Å². The Labute approximate surface area is 190 Å². The van der Waals surface area contributed by atoms with Gasteiger partial charge in [-0.15, -0.1) is 24.0 Å². The zero-order chi connectivity index (χ0) is 20.2. The summed E-state index contributed by atoms with van der Waals surface area (Å²) in [6.07, 6.45) is 0. The van der Waals surface area contributed by atoms with Gasteiger partial charge in [-0.3, -0.25) is 0 Å². The SMILES string of the molecule is CCNC(=NCC(C)(O)c1ccccc1)NCCOCc1ccccc1OC.I. The Morgan fingerprint density at radius 3 is 2.45 bits per heavy atom. The molecule has 0 bridgehead atoms. The van der Waals surface area contributed by atoms with Crippen molar-refractivity contribution in [2.75, 3.05) is 33.4 Å². The first-order valence-corrected chi connectivity index (χ1v) is 9.56. The molecular formula is C22H32IN3O3. The average Bonchev–Trinajstić information content (AvgIpc) is 2.72. The number of ether oxygens (including phenoxy) is 2. The molecule has 160 valence electrons. The number of rotatable bonds is 10. The second-order valence-electron chi connectivity index (χ2n) is 6.63. The van der Waals surface area contributed by atoms with Crippen LogP contribution in [0, 0.1) is 0 Å². The predicted octanol–water partition coefficient (Wildman–Crippen LogP) is 3.29. The quantitative estimate of drug-likeness (QED) is 0.197. The number of halogens is 1. The lowest BCUT2D eigenvalue weighted by Crippen LogP contribution is -2.40. The van der Waals surface area contributed by atoms with E-state index < -0.39 is 5.60 Å². The zero-order valence-corrected chi connectivity index (χ0v) is 19.7. The van der Waals surface area contributed by atoms with Crippen LogP contribution in [0.25, 0.3) is 0 Å². The highest BCUT2D eigenvalue weighted by atomic mass is 127. The fourth-order valence-electron chi connectivity index (χ4n) is 2.71. The van der Waals surface area contributed by atoms with Crippen molar-refractivity contribution in [1.29, 1.82) is 0 Å². The molecule has 6 nitrogen and oxygen atoms in total. The summed E-state index contributed by atoms with van der Waals surface area (Å²) < 4.78 is 11.1. The van der Waals surface area contributed by atoms with E-state index in [4.69, 9.17) is 9.47 Å². The van der Waals surface area contributed by atoms with E-state index in [0.29, 0.717) is 25.7 Å². The Morgan fingerprint density at radius 1 is 1.07 bits per heavy atom. The molecule has 0 saturated heterocycles. The van der Waals surface area contributed by atoms with Crippen LogP contribution in [0.5, 0.6) is 5.75 Å². The number of aliphatic imine (C=N–C) groups is 1. The monoisotopic (exact) mass is 513 g/mol. The first-order valence-electron chi connectivity index (χ1n) is 9.56. The van der Waals surface area contributed by atoms with Crippen LogP contribution in [0.15, 0.2) is 59.6 Å². The molecule has 0 spiro atoms. The number of hydrogen-bond acceptors (Lipinski definition) is 4. The van der Waals surface area contributed by atoms with Gasteiger partial charge in [0.05, 0.1) is 26.9 Å². The summed E-state index contributed by atoms with van der Waals surface area (Å²) in [6, 6.07) is 17.4. The molecule has 1 unspecified atom stereocenters. The minimum Gasteiger partial charge on any atom is -0.496 e. The molecule has 0 aliphatic carbocycles. The van der Waals surface area contributed by atoms with Crippen LogP contribution in [-0.2, 0) is 16.9 Å². The van der Waals surface area contributed by atoms with E-state index in [2.05, 4.69) is 15.6 Å². The number of para-hydroxylation sites is 1. The lowest BCUT2D eigenvalue weighted by atomic mass is 9.96. The van der Waals surface area contributed by atoms with Gasteiger partial charge in [0, 0.05) is 18.7 Å². The van der Waals surface area contributed by atoms with E-state index in [1.807, 2.05) is 61.5 Å². The van der Waals surface area contributed by atoms with Crippen molar-refractivity contribution in [2.45, 2.75) is 26.1 Å². The van der Waals surface area contributed by atoms with Gasteiger partial charge in [0.2, 0.25) is 0 Å². The highest BCUT2D eigenvalue weighted by molar-refractivity contribution is 14.0. The van der Waals surface area contributed by atoms with Crippen LogP contribution < -0.4 is 15.4 Å². The van der Waals surface area contributed by atoms with Gasteiger partial charge < -0.3 is 25.2 Å². The fraction of sp³-hybridized carbons (Fsp3) is 0.409. The molecule has 0 aromatic heterocycles. The van der Waals surface area contributed by atoms with E-state index >= 15 is 0 Å². The number of nitrogens with one attached hydrogen (secondary N) is 2. The smallest absolute Gasteiger partial charge is 0.191 e. The zero-order valence-electron chi connectivity index (χ0n) is 17.4. The third kappa shape index (κ3) is 8.59. The maximum atomic E-state index is 10.7. The molecule has 2 aromatic carbocycles. The molecule has 0 aliphatic heterocycles. The summed E-state index contributed by atoms with van der Waals surface area (Å²) >= 11 is 0. The molecule has 7 heteroatoms. The summed E-state index contributed by atoms with van der Waals surface area (Å²) in [5.41, 5.74) is 0.837. The van der Waals surface area contributed by atoms with Crippen molar-refractivity contribution in [3.05, 3.63) is 65.7 Å². The van der Waals surface area contributed by atoms with E-state index in [-0.39, 0.29) is 30.5 Å². The van der Waals surface area contributed by atoms with Crippen molar-refractivity contribution in [2.24, 2.45) is 4.99 Å². The number of guanidine groups is 1. The van der Waals surface area contributed by atoms with Crippen LogP contribution in [0.3, 0.4) is 0 Å². The number of hydrogen-bond donors (Lipinski definition) is 3. The highest BCUT2D eigenvalue weighted by Crippen LogP contribution is 2.20. The van der Waals surface area contributed by atoms with Crippen molar-refractivity contribution in [1.82, 2.24) is 10.6 Å². The fourth-order valence-corrected chi connectivity index (χ4v) is 2.71. The van der Waals surface area contributed by atoms with E-state index in [9.17, 15) is 5.11 Å². The minimum atomic E-state index is -1.02. The largest absolute Gasteiger partial charge is 0.496 e. The van der Waals surface area contributed by atoms with Gasteiger partial charge in [-0.25, -0.2) is 4.99 Å². The van der Waals surface area contributed by atoms with Crippen LogP contribution >= 0.6 is 24.0 Å². The molecule has 0 saturated carbocycles. The van der Waals surface area contributed by atoms with Crippen LogP contribution in [0.2, 0.25) is 0 Å². The Kier molecular flexibility index (Phi) is 11.6. The molecule has 29 heavy (non-hydrogen) atoms. The summed E-state index contributed by atoms with van der Waals surface area (Å²) in [4.78, 5) is 4.51. The molecule has 0 heterocycles. The van der Waals surface area contributed by atoms with Crippen LogP contribution in [0.1, 0.15) is 25.0 Å². The number of benzene rings is 2. The Balaban J connectivity index is 0.00000420. The summed E-state index contributed by atoms with van der Waals surface area (Å²) in [6.45, 7) is 6.39. The van der Waals surface area contributed by atoms with Gasteiger partial charge in [-0.2, -0.15) is 0 Å². The average molecular weight is 513 g/mol. The lowest BCUT2D eigenvalue weighted by molar-refractivity contribution is 0.0672. The maximum Gasteiger partial charge on any atom is 0.191 e. The highest BCUT2D eigenvalue weighted by Gasteiger charge is 2.22. The van der Waals surface area contributed by atoms with Crippen molar-refractivity contribution in [3.8, 4) is 5.75 Å². The van der Waals surface area contributed by atoms with Gasteiger partial charge in [-0.1, -0.05) is 48.5 Å². The summed E-state index contributed by atoms with van der Waals surface area (Å²) in [5, 5.41) is 17.1. The third-order valence-electron chi connectivity index (χ3n) is 4.27. The first kappa shape index (κ1) is 25.2. The van der Waals surface area contributed by atoms with Gasteiger partial charge in [0.15, 0.2) is 5.96 Å². The molecule has 2 aromatic rings. The van der Waals surface area contributed by atoms with Gasteiger partial charge in [0.1, 0.15) is 11.4 Å².